The highest BCUT2D eigenvalue weighted by atomic mass is 79.9. The van der Waals surface area contributed by atoms with Crippen molar-refractivity contribution in [1.82, 2.24) is 4.90 Å². The predicted molar refractivity (Wildman–Crippen MR) is 93.5 cm³/mol. The molecule has 0 aromatic heterocycles. The molecule has 1 N–H and O–H groups in total. The molecule has 2 amide bonds. The van der Waals surface area contributed by atoms with Crippen LogP contribution >= 0.6 is 15.9 Å². The summed E-state index contributed by atoms with van der Waals surface area (Å²) in [5.74, 6) is -0.182. The summed E-state index contributed by atoms with van der Waals surface area (Å²) in [5, 5.41) is 2.89. The van der Waals surface area contributed by atoms with Gasteiger partial charge >= 0.3 is 6.09 Å². The number of anilines is 1. The number of rotatable bonds is 2. The summed E-state index contributed by atoms with van der Waals surface area (Å²) in [6.45, 7) is 7.98. The Morgan fingerprint density at radius 2 is 2.04 bits per heavy atom. The number of ether oxygens (including phenoxy) is 1. The normalized spacial score (nSPS) is 18.0. The van der Waals surface area contributed by atoms with E-state index in [4.69, 9.17) is 4.74 Å². The first-order valence-corrected chi connectivity index (χ1v) is 8.53. The van der Waals surface area contributed by atoms with Crippen molar-refractivity contribution in [3.05, 3.63) is 28.2 Å². The van der Waals surface area contributed by atoms with Crippen LogP contribution in [0.2, 0.25) is 0 Å². The second kappa shape index (κ2) is 6.91. The van der Waals surface area contributed by atoms with Crippen LogP contribution < -0.4 is 5.32 Å². The van der Waals surface area contributed by atoms with Gasteiger partial charge in [0.05, 0.1) is 5.69 Å². The SMILES string of the molecule is Cc1ccc(NC(=O)[C@H]2CCCN2C(=O)OC(C)(C)C)c(Br)c1. The fourth-order valence-electron chi connectivity index (χ4n) is 2.52. The van der Waals surface area contributed by atoms with E-state index in [1.165, 1.54) is 4.90 Å². The molecule has 1 aliphatic rings. The van der Waals surface area contributed by atoms with Crippen LogP contribution in [-0.4, -0.2) is 35.1 Å². The molecule has 0 bridgehead atoms. The van der Waals surface area contributed by atoms with Crippen LogP contribution in [0.15, 0.2) is 22.7 Å². The zero-order valence-corrected chi connectivity index (χ0v) is 15.6. The first kappa shape index (κ1) is 17.8. The standard InChI is InChI=1S/C17H23BrN2O3/c1-11-7-8-13(12(18)10-11)19-15(21)14-6-5-9-20(14)16(22)23-17(2,3)4/h7-8,10,14H,5-6,9H2,1-4H3,(H,19,21)/t14-/m1/s1. The Hall–Kier alpha value is -1.56. The predicted octanol–water partition coefficient (Wildman–Crippen LogP) is 4.10. The van der Waals surface area contributed by atoms with Gasteiger partial charge in [0, 0.05) is 11.0 Å². The first-order chi connectivity index (χ1) is 10.7. The number of carbonyl (C=O) groups is 2. The minimum absolute atomic E-state index is 0.182. The fraction of sp³-hybridized carbons (Fsp3) is 0.529. The number of hydrogen-bond acceptors (Lipinski definition) is 3. The number of halogens is 1. The molecule has 0 aliphatic carbocycles. The molecule has 126 valence electrons. The molecule has 5 nitrogen and oxygen atoms in total. The lowest BCUT2D eigenvalue weighted by Gasteiger charge is -2.28. The van der Waals surface area contributed by atoms with Crippen LogP contribution in [0.25, 0.3) is 0 Å². The number of amides is 2. The monoisotopic (exact) mass is 382 g/mol. The molecule has 0 radical (unpaired) electrons. The van der Waals surface area contributed by atoms with Gasteiger partial charge in [0.2, 0.25) is 5.91 Å². The van der Waals surface area contributed by atoms with Crippen LogP contribution in [0.3, 0.4) is 0 Å². The molecule has 1 aliphatic heterocycles. The fourth-order valence-corrected chi connectivity index (χ4v) is 3.11. The summed E-state index contributed by atoms with van der Waals surface area (Å²) in [7, 11) is 0. The van der Waals surface area contributed by atoms with Crippen molar-refractivity contribution in [2.24, 2.45) is 0 Å². The second-order valence-corrected chi connectivity index (χ2v) is 7.66. The summed E-state index contributed by atoms with van der Waals surface area (Å²) in [4.78, 5) is 26.3. The minimum atomic E-state index is -0.569. The molecule has 1 heterocycles. The maximum atomic E-state index is 12.6. The second-order valence-electron chi connectivity index (χ2n) is 6.80. The van der Waals surface area contributed by atoms with Crippen molar-refractivity contribution in [3.63, 3.8) is 0 Å². The zero-order chi connectivity index (χ0) is 17.2. The topological polar surface area (TPSA) is 58.6 Å². The lowest BCUT2D eigenvalue weighted by Crippen LogP contribution is -2.45. The highest BCUT2D eigenvalue weighted by Crippen LogP contribution is 2.26. The van der Waals surface area contributed by atoms with Crippen LogP contribution in [0.1, 0.15) is 39.2 Å². The summed E-state index contributed by atoms with van der Waals surface area (Å²) in [6.07, 6.45) is 1.01. The quantitative estimate of drug-likeness (QED) is 0.837. The van der Waals surface area contributed by atoms with E-state index < -0.39 is 17.7 Å². The van der Waals surface area contributed by atoms with Crippen molar-refractivity contribution in [3.8, 4) is 0 Å². The molecule has 0 spiro atoms. The molecule has 1 aromatic rings. The van der Waals surface area contributed by atoms with E-state index in [2.05, 4.69) is 21.2 Å². The van der Waals surface area contributed by atoms with Gasteiger partial charge in [0.15, 0.2) is 0 Å². The molecule has 0 saturated carbocycles. The number of nitrogens with zero attached hydrogens (tertiary/aromatic N) is 1. The number of carbonyl (C=O) groups excluding carboxylic acids is 2. The summed E-state index contributed by atoms with van der Waals surface area (Å²) in [5.41, 5.74) is 1.24. The van der Waals surface area contributed by atoms with Gasteiger partial charge in [-0.15, -0.1) is 0 Å². The number of benzene rings is 1. The maximum absolute atomic E-state index is 12.6. The maximum Gasteiger partial charge on any atom is 0.410 e. The lowest BCUT2D eigenvalue weighted by atomic mass is 10.2. The van der Waals surface area contributed by atoms with Gasteiger partial charge in [-0.3, -0.25) is 9.69 Å². The Labute approximate surface area is 145 Å². The summed E-state index contributed by atoms with van der Waals surface area (Å²) >= 11 is 3.45. The smallest absolute Gasteiger partial charge is 0.410 e. The van der Waals surface area contributed by atoms with Gasteiger partial charge < -0.3 is 10.1 Å². The Balaban J connectivity index is 2.07. The van der Waals surface area contributed by atoms with Crippen molar-refractivity contribution in [2.75, 3.05) is 11.9 Å². The van der Waals surface area contributed by atoms with E-state index in [0.717, 1.165) is 16.5 Å². The van der Waals surface area contributed by atoms with Gasteiger partial charge in [0.25, 0.3) is 0 Å². The summed E-state index contributed by atoms with van der Waals surface area (Å²) < 4.78 is 6.22. The number of aryl methyl sites for hydroxylation is 1. The number of likely N-dealkylation sites (tertiary alicyclic amines) is 1. The molecule has 0 unspecified atom stereocenters. The molecular formula is C17H23BrN2O3. The average molecular weight is 383 g/mol. The molecule has 23 heavy (non-hydrogen) atoms. The first-order valence-electron chi connectivity index (χ1n) is 7.74. The highest BCUT2D eigenvalue weighted by Gasteiger charge is 2.36. The van der Waals surface area contributed by atoms with Gasteiger partial charge in [-0.1, -0.05) is 6.07 Å². The third-order valence-corrected chi connectivity index (χ3v) is 4.22. The largest absolute Gasteiger partial charge is 0.444 e. The van der Waals surface area contributed by atoms with Crippen molar-refractivity contribution in [2.45, 2.75) is 52.2 Å². The van der Waals surface area contributed by atoms with Crippen molar-refractivity contribution < 1.29 is 14.3 Å². The van der Waals surface area contributed by atoms with Gasteiger partial charge in [0.1, 0.15) is 11.6 Å². The molecule has 1 saturated heterocycles. The Morgan fingerprint density at radius 3 is 2.65 bits per heavy atom. The summed E-state index contributed by atoms with van der Waals surface area (Å²) in [6, 6.07) is 5.23. The third-order valence-electron chi connectivity index (χ3n) is 3.57. The Morgan fingerprint density at radius 1 is 1.35 bits per heavy atom. The molecule has 1 fully saturated rings. The average Bonchev–Trinajstić information content (AvgIpc) is 2.89. The third kappa shape index (κ3) is 4.70. The lowest BCUT2D eigenvalue weighted by molar-refractivity contribution is -0.120. The molecule has 6 heteroatoms. The van der Waals surface area contributed by atoms with Gasteiger partial charge in [-0.25, -0.2) is 4.79 Å². The molecule has 2 rings (SSSR count). The van der Waals surface area contributed by atoms with Gasteiger partial charge in [-0.2, -0.15) is 0 Å². The van der Waals surface area contributed by atoms with E-state index in [-0.39, 0.29) is 5.91 Å². The van der Waals surface area contributed by atoms with E-state index in [0.29, 0.717) is 18.7 Å². The molecule has 1 aromatic carbocycles. The van der Waals surface area contributed by atoms with Crippen LogP contribution in [-0.2, 0) is 9.53 Å². The van der Waals surface area contributed by atoms with Crippen molar-refractivity contribution in [1.29, 1.82) is 0 Å². The Kier molecular flexibility index (Phi) is 5.34. The number of hydrogen-bond donors (Lipinski definition) is 1. The van der Waals surface area contributed by atoms with Crippen LogP contribution in [0.4, 0.5) is 10.5 Å². The van der Waals surface area contributed by atoms with E-state index in [1.54, 1.807) is 0 Å². The molecule has 1 atom stereocenters. The van der Waals surface area contributed by atoms with E-state index in [9.17, 15) is 9.59 Å². The molecular weight excluding hydrogens is 360 g/mol. The van der Waals surface area contributed by atoms with E-state index in [1.807, 2.05) is 45.9 Å². The van der Waals surface area contributed by atoms with Crippen LogP contribution in [0.5, 0.6) is 0 Å². The zero-order valence-electron chi connectivity index (χ0n) is 14.0. The van der Waals surface area contributed by atoms with E-state index >= 15 is 0 Å². The highest BCUT2D eigenvalue weighted by molar-refractivity contribution is 9.10. The number of nitrogens with one attached hydrogen (secondary N) is 1. The Bertz CT molecular complexity index is 610. The van der Waals surface area contributed by atoms with Crippen LogP contribution in [0, 0.1) is 6.92 Å². The minimum Gasteiger partial charge on any atom is -0.444 e. The van der Waals surface area contributed by atoms with Gasteiger partial charge in [-0.05, 0) is 74.2 Å². The van der Waals surface area contributed by atoms with Crippen molar-refractivity contribution >= 4 is 33.6 Å².